The molecule has 0 aromatic heterocycles. The van der Waals surface area contributed by atoms with E-state index >= 15 is 0 Å². The highest BCUT2D eigenvalue weighted by atomic mass is 16.6. The molecule has 2 heterocycles. The van der Waals surface area contributed by atoms with Crippen LogP contribution in [0.2, 0.25) is 0 Å². The largest absolute Gasteiger partial charge is 0.359 e. The standard InChI is InChI=1S/C20H21N3O3/c1-14-11-15-5-2-3-7-18(15)22(14)13-20(24)21-10-4-6-16-12-17(23(25)26)8-9-19(16)21/h2-3,5,7-9,12,14H,4,6,10-11,13H2,1H3. The van der Waals surface area contributed by atoms with Crippen molar-refractivity contribution in [3.05, 3.63) is 63.7 Å². The van der Waals surface area contributed by atoms with E-state index in [0.29, 0.717) is 13.1 Å². The number of nitro benzene ring substituents is 1. The van der Waals surface area contributed by atoms with E-state index in [9.17, 15) is 14.9 Å². The minimum atomic E-state index is -0.385. The number of anilines is 2. The van der Waals surface area contributed by atoms with Crippen LogP contribution in [-0.4, -0.2) is 30.0 Å². The molecule has 1 amide bonds. The Kier molecular flexibility index (Phi) is 4.11. The monoisotopic (exact) mass is 351 g/mol. The predicted octanol–water partition coefficient (Wildman–Crippen LogP) is 3.33. The molecule has 2 aliphatic rings. The van der Waals surface area contributed by atoms with Gasteiger partial charge in [-0.3, -0.25) is 14.9 Å². The summed E-state index contributed by atoms with van der Waals surface area (Å²) < 4.78 is 0. The summed E-state index contributed by atoms with van der Waals surface area (Å²) in [4.78, 5) is 27.6. The maximum absolute atomic E-state index is 13.0. The number of hydrogen-bond donors (Lipinski definition) is 0. The van der Waals surface area contributed by atoms with Crippen LogP contribution in [0, 0.1) is 10.1 Å². The van der Waals surface area contributed by atoms with Gasteiger partial charge in [0.25, 0.3) is 5.69 Å². The highest BCUT2D eigenvalue weighted by Gasteiger charge is 2.30. The fraction of sp³-hybridized carbons (Fsp3) is 0.350. The van der Waals surface area contributed by atoms with E-state index < -0.39 is 0 Å². The topological polar surface area (TPSA) is 66.7 Å². The molecule has 0 spiro atoms. The predicted molar refractivity (Wildman–Crippen MR) is 101 cm³/mol. The Morgan fingerprint density at radius 3 is 2.81 bits per heavy atom. The number of benzene rings is 2. The molecule has 0 saturated heterocycles. The van der Waals surface area contributed by atoms with Gasteiger partial charge in [-0.2, -0.15) is 0 Å². The molecule has 0 radical (unpaired) electrons. The zero-order valence-electron chi connectivity index (χ0n) is 14.7. The summed E-state index contributed by atoms with van der Waals surface area (Å²) in [5.41, 5.74) is 4.19. The zero-order chi connectivity index (χ0) is 18.3. The minimum absolute atomic E-state index is 0.0448. The molecule has 134 valence electrons. The Labute approximate surface area is 152 Å². The van der Waals surface area contributed by atoms with Gasteiger partial charge in [-0.25, -0.2) is 0 Å². The lowest BCUT2D eigenvalue weighted by Gasteiger charge is -2.32. The van der Waals surface area contributed by atoms with Gasteiger partial charge in [0, 0.05) is 36.1 Å². The van der Waals surface area contributed by atoms with Gasteiger partial charge in [-0.05, 0) is 49.4 Å². The van der Waals surface area contributed by atoms with E-state index in [1.165, 1.54) is 11.6 Å². The molecule has 1 unspecified atom stereocenters. The third kappa shape index (κ3) is 2.81. The molecular weight excluding hydrogens is 330 g/mol. The van der Waals surface area contributed by atoms with Crippen LogP contribution in [0.4, 0.5) is 17.1 Å². The average molecular weight is 351 g/mol. The number of aryl methyl sites for hydroxylation is 1. The Hall–Kier alpha value is -2.89. The van der Waals surface area contributed by atoms with Crippen molar-refractivity contribution < 1.29 is 9.72 Å². The third-order valence-electron chi connectivity index (χ3n) is 5.35. The first-order chi connectivity index (χ1) is 12.5. The number of non-ortho nitro benzene ring substituents is 1. The number of carbonyl (C=O) groups excluding carboxylic acids is 1. The van der Waals surface area contributed by atoms with Crippen LogP contribution < -0.4 is 9.80 Å². The van der Waals surface area contributed by atoms with Gasteiger partial charge in [0.15, 0.2) is 0 Å². The van der Waals surface area contributed by atoms with E-state index in [2.05, 4.69) is 24.0 Å². The summed E-state index contributed by atoms with van der Waals surface area (Å²) in [6.45, 7) is 3.13. The van der Waals surface area contributed by atoms with Crippen LogP contribution in [0.1, 0.15) is 24.5 Å². The number of para-hydroxylation sites is 1. The van der Waals surface area contributed by atoms with Crippen molar-refractivity contribution in [1.82, 2.24) is 0 Å². The van der Waals surface area contributed by atoms with Crippen molar-refractivity contribution in [3.8, 4) is 0 Å². The van der Waals surface area contributed by atoms with Crippen LogP contribution in [0.3, 0.4) is 0 Å². The molecule has 0 aliphatic carbocycles. The molecule has 2 aliphatic heterocycles. The fourth-order valence-corrected chi connectivity index (χ4v) is 4.06. The first-order valence-electron chi connectivity index (χ1n) is 8.97. The molecule has 6 nitrogen and oxygen atoms in total. The number of carbonyl (C=O) groups is 1. The molecule has 6 heteroatoms. The molecule has 0 fully saturated rings. The van der Waals surface area contributed by atoms with Gasteiger partial charge < -0.3 is 9.80 Å². The molecular formula is C20H21N3O3. The number of rotatable bonds is 3. The number of amides is 1. The average Bonchev–Trinajstić information content (AvgIpc) is 2.96. The van der Waals surface area contributed by atoms with Gasteiger partial charge in [0.2, 0.25) is 5.91 Å². The Morgan fingerprint density at radius 1 is 1.19 bits per heavy atom. The molecule has 26 heavy (non-hydrogen) atoms. The van der Waals surface area contributed by atoms with Crippen molar-refractivity contribution in [2.24, 2.45) is 0 Å². The first-order valence-corrected chi connectivity index (χ1v) is 8.97. The van der Waals surface area contributed by atoms with Gasteiger partial charge in [-0.15, -0.1) is 0 Å². The van der Waals surface area contributed by atoms with Crippen molar-refractivity contribution in [3.63, 3.8) is 0 Å². The second kappa shape index (κ2) is 6.44. The van der Waals surface area contributed by atoms with Crippen LogP contribution in [-0.2, 0) is 17.6 Å². The maximum atomic E-state index is 13.0. The molecule has 0 bridgehead atoms. The lowest BCUT2D eigenvalue weighted by atomic mass is 10.0. The number of nitrogens with zero attached hydrogens (tertiary/aromatic N) is 3. The van der Waals surface area contributed by atoms with E-state index in [1.807, 2.05) is 12.1 Å². The van der Waals surface area contributed by atoms with E-state index in [4.69, 9.17) is 0 Å². The zero-order valence-corrected chi connectivity index (χ0v) is 14.7. The second-order valence-corrected chi connectivity index (χ2v) is 7.03. The van der Waals surface area contributed by atoms with Gasteiger partial charge >= 0.3 is 0 Å². The number of fused-ring (bicyclic) bond motifs is 2. The van der Waals surface area contributed by atoms with Crippen molar-refractivity contribution in [2.75, 3.05) is 22.9 Å². The summed E-state index contributed by atoms with van der Waals surface area (Å²) in [6.07, 6.45) is 2.54. The van der Waals surface area contributed by atoms with Crippen molar-refractivity contribution in [2.45, 2.75) is 32.2 Å². The molecule has 0 saturated carbocycles. The summed E-state index contributed by atoms with van der Waals surface area (Å²) in [5, 5.41) is 11.0. The van der Waals surface area contributed by atoms with Crippen LogP contribution in [0.5, 0.6) is 0 Å². The highest BCUT2D eigenvalue weighted by molar-refractivity contribution is 5.98. The lowest BCUT2D eigenvalue weighted by molar-refractivity contribution is -0.384. The van der Waals surface area contributed by atoms with Crippen molar-refractivity contribution >= 4 is 23.0 Å². The molecule has 4 rings (SSSR count). The smallest absolute Gasteiger partial charge is 0.269 e. The number of nitro groups is 1. The van der Waals surface area contributed by atoms with Gasteiger partial charge in [-0.1, -0.05) is 18.2 Å². The highest BCUT2D eigenvalue weighted by Crippen LogP contribution is 2.33. The molecule has 1 atom stereocenters. The Bertz CT molecular complexity index is 880. The normalized spacial score (nSPS) is 18.4. The lowest BCUT2D eigenvalue weighted by Crippen LogP contribution is -2.44. The van der Waals surface area contributed by atoms with E-state index in [-0.39, 0.29) is 22.6 Å². The Balaban J connectivity index is 1.58. The molecule has 2 aromatic carbocycles. The molecule has 2 aromatic rings. The molecule has 0 N–H and O–H groups in total. The van der Waals surface area contributed by atoms with Crippen molar-refractivity contribution in [1.29, 1.82) is 0 Å². The SMILES string of the molecule is CC1Cc2ccccc2N1CC(=O)N1CCCc2cc([N+](=O)[O-])ccc21. The Morgan fingerprint density at radius 2 is 2.00 bits per heavy atom. The van der Waals surface area contributed by atoms with Crippen LogP contribution >= 0.6 is 0 Å². The number of hydrogen-bond acceptors (Lipinski definition) is 4. The quantitative estimate of drug-likeness (QED) is 0.628. The third-order valence-corrected chi connectivity index (χ3v) is 5.35. The van der Waals surface area contributed by atoms with Gasteiger partial charge in [0.05, 0.1) is 11.5 Å². The maximum Gasteiger partial charge on any atom is 0.269 e. The van der Waals surface area contributed by atoms with Crippen LogP contribution in [0.15, 0.2) is 42.5 Å². The fourth-order valence-electron chi connectivity index (χ4n) is 4.06. The minimum Gasteiger partial charge on any atom is -0.359 e. The van der Waals surface area contributed by atoms with Gasteiger partial charge in [0.1, 0.15) is 0 Å². The van der Waals surface area contributed by atoms with Crippen LogP contribution in [0.25, 0.3) is 0 Å². The summed E-state index contributed by atoms with van der Waals surface area (Å²) >= 11 is 0. The summed E-state index contributed by atoms with van der Waals surface area (Å²) in [5.74, 6) is 0.0448. The summed E-state index contributed by atoms with van der Waals surface area (Å²) in [7, 11) is 0. The first kappa shape index (κ1) is 16.6. The summed E-state index contributed by atoms with van der Waals surface area (Å²) in [6, 6.07) is 13.3. The van der Waals surface area contributed by atoms with E-state index in [1.54, 1.807) is 17.0 Å². The van der Waals surface area contributed by atoms with E-state index in [0.717, 1.165) is 36.2 Å². The second-order valence-electron chi connectivity index (χ2n) is 7.03.